The summed E-state index contributed by atoms with van der Waals surface area (Å²) in [6, 6.07) is 4.89. The number of aryl methyl sites for hydroxylation is 2. The summed E-state index contributed by atoms with van der Waals surface area (Å²) >= 11 is 6.26. The van der Waals surface area contributed by atoms with Crippen molar-refractivity contribution in [3.8, 4) is 0 Å². The van der Waals surface area contributed by atoms with Crippen LogP contribution in [-0.4, -0.2) is 56.0 Å². The summed E-state index contributed by atoms with van der Waals surface area (Å²) in [4.78, 5) is 35.1. The van der Waals surface area contributed by atoms with E-state index in [0.29, 0.717) is 54.0 Å². The maximum absolute atomic E-state index is 15.3. The lowest BCUT2D eigenvalue weighted by Crippen LogP contribution is -2.52. The van der Waals surface area contributed by atoms with Gasteiger partial charge in [0.05, 0.1) is 6.20 Å². The number of anilines is 2. The van der Waals surface area contributed by atoms with Crippen molar-refractivity contribution in [2.45, 2.75) is 64.3 Å². The molecule has 3 aromatic rings. The molecule has 2 fully saturated rings. The molecule has 2 amide bonds. The molecule has 1 aromatic carbocycles. The fourth-order valence-corrected chi connectivity index (χ4v) is 5.44. The first kappa shape index (κ1) is 26.1. The van der Waals surface area contributed by atoms with E-state index in [0.717, 1.165) is 36.1 Å². The van der Waals surface area contributed by atoms with Gasteiger partial charge in [0.25, 0.3) is 0 Å². The zero-order valence-electron chi connectivity index (χ0n) is 21.5. The molecule has 0 spiro atoms. The van der Waals surface area contributed by atoms with Crippen molar-refractivity contribution < 1.29 is 14.0 Å². The molecule has 2 aliphatic rings. The lowest BCUT2D eigenvalue weighted by Gasteiger charge is -2.36. The first-order valence-electron chi connectivity index (χ1n) is 12.9. The van der Waals surface area contributed by atoms with Crippen molar-refractivity contribution in [3.63, 3.8) is 0 Å². The third-order valence-corrected chi connectivity index (χ3v) is 7.58. The summed E-state index contributed by atoms with van der Waals surface area (Å²) in [5.41, 5.74) is 3.38. The number of piperidine rings is 2. The lowest BCUT2D eigenvalue weighted by molar-refractivity contribution is -0.138. The number of halogens is 2. The number of nitrogens with one attached hydrogen (secondary N) is 3. The standard InChI is InChI=1S/C27H31ClFN7O2/c1-15-10-18(12-23-30-14-20(28)26(32-23)33-24-11-16(2)34-35-24)21(29)13-19(15)17-6-8-36(9-7-17)27(38)22-4-3-5-25(37)31-22/h10-11,13-14,17,22H,3-9,12H2,1-2H3,(H,31,37)(H2,30,32,33,34,35). The zero-order valence-corrected chi connectivity index (χ0v) is 22.2. The summed E-state index contributed by atoms with van der Waals surface area (Å²) < 4.78 is 15.3. The van der Waals surface area contributed by atoms with E-state index < -0.39 is 6.04 Å². The molecule has 4 heterocycles. The van der Waals surface area contributed by atoms with E-state index in [4.69, 9.17) is 11.6 Å². The molecule has 200 valence electrons. The second-order valence-corrected chi connectivity index (χ2v) is 10.5. The summed E-state index contributed by atoms with van der Waals surface area (Å²) in [6.07, 6.45) is 5.15. The normalized spacial score (nSPS) is 18.4. The van der Waals surface area contributed by atoms with E-state index in [2.05, 4.69) is 30.8 Å². The summed E-state index contributed by atoms with van der Waals surface area (Å²) in [6.45, 7) is 5.08. The van der Waals surface area contributed by atoms with Crippen molar-refractivity contribution in [1.82, 2.24) is 30.4 Å². The van der Waals surface area contributed by atoms with Crippen LogP contribution >= 0.6 is 11.6 Å². The fourth-order valence-electron chi connectivity index (χ4n) is 5.30. The quantitative estimate of drug-likeness (QED) is 0.430. The van der Waals surface area contributed by atoms with Gasteiger partial charge in [-0.1, -0.05) is 17.7 Å². The number of carbonyl (C=O) groups excluding carboxylic acids is 2. The molecular formula is C27H31ClFN7O2. The fraction of sp³-hybridized carbons (Fsp3) is 0.444. The highest BCUT2D eigenvalue weighted by atomic mass is 35.5. The molecular weight excluding hydrogens is 509 g/mol. The number of aromatic amines is 1. The predicted octanol–water partition coefficient (Wildman–Crippen LogP) is 4.32. The average Bonchev–Trinajstić information content (AvgIpc) is 3.32. The Morgan fingerprint density at radius 2 is 2.00 bits per heavy atom. The highest BCUT2D eigenvalue weighted by molar-refractivity contribution is 6.32. The van der Waals surface area contributed by atoms with Gasteiger partial charge in [-0.25, -0.2) is 14.4 Å². The van der Waals surface area contributed by atoms with Gasteiger partial charge in [-0.05, 0) is 68.2 Å². The Kier molecular flexibility index (Phi) is 7.60. The van der Waals surface area contributed by atoms with Crippen LogP contribution in [0.25, 0.3) is 0 Å². The van der Waals surface area contributed by atoms with Gasteiger partial charge >= 0.3 is 0 Å². The summed E-state index contributed by atoms with van der Waals surface area (Å²) in [5, 5.41) is 13.2. The van der Waals surface area contributed by atoms with Gasteiger partial charge in [-0.15, -0.1) is 0 Å². The van der Waals surface area contributed by atoms with E-state index in [1.54, 1.807) is 6.07 Å². The number of H-pyrrole nitrogens is 1. The molecule has 0 radical (unpaired) electrons. The summed E-state index contributed by atoms with van der Waals surface area (Å²) in [5.74, 6) is 1.24. The maximum Gasteiger partial charge on any atom is 0.245 e. The number of likely N-dealkylation sites (tertiary alicyclic amines) is 1. The SMILES string of the molecule is Cc1cc(Nc2nc(Cc3cc(C)c(C4CCN(C(=O)C5CCCC(=O)N5)CC4)cc3F)ncc2Cl)n[nH]1. The Hall–Kier alpha value is -3.53. The zero-order chi connectivity index (χ0) is 26.8. The van der Waals surface area contributed by atoms with Crippen molar-refractivity contribution in [2.75, 3.05) is 18.4 Å². The Labute approximate surface area is 225 Å². The first-order valence-corrected chi connectivity index (χ1v) is 13.3. The van der Waals surface area contributed by atoms with Gasteiger partial charge in [0, 0.05) is 37.7 Å². The van der Waals surface area contributed by atoms with Gasteiger partial charge in [0.15, 0.2) is 11.6 Å². The maximum atomic E-state index is 15.3. The van der Waals surface area contributed by atoms with Gasteiger partial charge in [-0.2, -0.15) is 5.10 Å². The minimum atomic E-state index is -0.416. The molecule has 38 heavy (non-hydrogen) atoms. The summed E-state index contributed by atoms with van der Waals surface area (Å²) in [7, 11) is 0. The number of nitrogens with zero attached hydrogens (tertiary/aromatic N) is 4. The second kappa shape index (κ2) is 11.1. The third kappa shape index (κ3) is 5.80. The third-order valence-electron chi connectivity index (χ3n) is 7.31. The van der Waals surface area contributed by atoms with E-state index in [1.807, 2.05) is 30.9 Å². The van der Waals surface area contributed by atoms with Crippen molar-refractivity contribution in [3.05, 3.63) is 63.4 Å². The molecule has 1 unspecified atom stereocenters. The molecule has 2 aliphatic heterocycles. The highest BCUT2D eigenvalue weighted by Gasteiger charge is 2.32. The van der Waals surface area contributed by atoms with Crippen molar-refractivity contribution in [2.24, 2.45) is 0 Å². The first-order chi connectivity index (χ1) is 18.3. The number of hydrogen-bond donors (Lipinski definition) is 3. The van der Waals surface area contributed by atoms with Crippen LogP contribution in [0.5, 0.6) is 0 Å². The number of amides is 2. The highest BCUT2D eigenvalue weighted by Crippen LogP contribution is 2.33. The molecule has 2 aromatic heterocycles. The van der Waals surface area contributed by atoms with Crippen LogP contribution in [0.4, 0.5) is 16.0 Å². The van der Waals surface area contributed by atoms with Gasteiger partial charge in [0.2, 0.25) is 11.8 Å². The predicted molar refractivity (Wildman–Crippen MR) is 142 cm³/mol. The molecule has 5 rings (SSSR count). The van der Waals surface area contributed by atoms with Crippen LogP contribution in [0.2, 0.25) is 5.02 Å². The van der Waals surface area contributed by atoms with Crippen molar-refractivity contribution in [1.29, 1.82) is 0 Å². The van der Waals surface area contributed by atoms with E-state index in [9.17, 15) is 9.59 Å². The Bertz CT molecular complexity index is 1350. The number of rotatable bonds is 6. The molecule has 0 bridgehead atoms. The van der Waals surface area contributed by atoms with Crippen LogP contribution in [0.1, 0.15) is 66.2 Å². The molecule has 2 saturated heterocycles. The Balaban J connectivity index is 1.24. The Morgan fingerprint density at radius 1 is 1.21 bits per heavy atom. The number of benzene rings is 1. The second-order valence-electron chi connectivity index (χ2n) is 10.1. The minimum Gasteiger partial charge on any atom is -0.344 e. The molecule has 11 heteroatoms. The molecule has 9 nitrogen and oxygen atoms in total. The molecule has 0 saturated carbocycles. The molecule has 1 atom stereocenters. The average molecular weight is 540 g/mol. The molecule has 3 N–H and O–H groups in total. The van der Waals surface area contributed by atoms with Crippen LogP contribution in [-0.2, 0) is 16.0 Å². The smallest absolute Gasteiger partial charge is 0.245 e. The number of aromatic nitrogens is 4. The monoisotopic (exact) mass is 539 g/mol. The van der Waals surface area contributed by atoms with Gasteiger partial charge in [-0.3, -0.25) is 14.7 Å². The minimum absolute atomic E-state index is 0.00556. The van der Waals surface area contributed by atoms with Crippen LogP contribution in [0, 0.1) is 19.7 Å². The number of carbonyl (C=O) groups is 2. The van der Waals surface area contributed by atoms with Gasteiger partial charge in [0.1, 0.15) is 22.7 Å². The van der Waals surface area contributed by atoms with E-state index >= 15 is 4.39 Å². The van der Waals surface area contributed by atoms with Crippen LogP contribution < -0.4 is 10.6 Å². The number of hydrogen-bond acceptors (Lipinski definition) is 6. The van der Waals surface area contributed by atoms with E-state index in [1.165, 1.54) is 6.20 Å². The van der Waals surface area contributed by atoms with Crippen LogP contribution in [0.3, 0.4) is 0 Å². The van der Waals surface area contributed by atoms with E-state index in [-0.39, 0.29) is 30.0 Å². The largest absolute Gasteiger partial charge is 0.344 e. The topological polar surface area (TPSA) is 116 Å². The van der Waals surface area contributed by atoms with Crippen LogP contribution in [0.15, 0.2) is 24.4 Å². The Morgan fingerprint density at radius 3 is 2.71 bits per heavy atom. The molecule has 0 aliphatic carbocycles. The van der Waals surface area contributed by atoms with Crippen molar-refractivity contribution >= 4 is 35.1 Å². The van der Waals surface area contributed by atoms with Gasteiger partial charge < -0.3 is 15.5 Å². The lowest BCUT2D eigenvalue weighted by atomic mass is 9.85.